The van der Waals surface area contributed by atoms with Crippen LogP contribution in [0.5, 0.6) is 5.75 Å². The lowest BCUT2D eigenvalue weighted by atomic mass is 10.1. The normalized spacial score (nSPS) is 11.8. The number of esters is 2. The first kappa shape index (κ1) is 40.3. The third kappa shape index (κ3) is 14.8. The maximum absolute atomic E-state index is 12.2. The number of unbranched alkanes of at least 4 members (excludes halogenated alkanes) is 5. The molecule has 0 heterocycles. The van der Waals surface area contributed by atoms with E-state index in [-0.39, 0.29) is 11.1 Å². The van der Waals surface area contributed by atoms with E-state index in [9.17, 15) is 29.4 Å². The van der Waals surface area contributed by atoms with Crippen molar-refractivity contribution in [1.29, 1.82) is 0 Å². The largest absolute Gasteiger partial charge is 0.493 e. The SMILES string of the molecule is CCCCCCCCOc1ccc(N)cc1COCCC.Cc1ccc(C(=O)O[C@H](C(=O)O)[C@@H](OC(=O)c2ccc(C)cc2)C(=O)O)cc1. The zero-order valence-corrected chi connectivity index (χ0v) is 28.8. The third-order valence-electron chi connectivity index (χ3n) is 7.25. The van der Waals surface area contributed by atoms with Crippen molar-refractivity contribution in [2.75, 3.05) is 18.9 Å². The number of benzene rings is 3. The predicted octanol–water partition coefficient (Wildman–Crippen LogP) is 7.16. The van der Waals surface area contributed by atoms with Crippen molar-refractivity contribution in [3.8, 4) is 5.75 Å². The quantitative estimate of drug-likeness (QED) is 0.0667. The number of carboxylic acids is 2. The van der Waals surface area contributed by atoms with Crippen LogP contribution in [0.15, 0.2) is 66.7 Å². The summed E-state index contributed by atoms with van der Waals surface area (Å²) in [7, 11) is 0. The molecule has 11 nitrogen and oxygen atoms in total. The number of carbonyl (C=O) groups is 4. The first-order valence-electron chi connectivity index (χ1n) is 16.6. The topological polar surface area (TPSA) is 172 Å². The molecule has 0 fully saturated rings. The molecule has 2 atom stereocenters. The van der Waals surface area contributed by atoms with Gasteiger partial charge in [-0.2, -0.15) is 0 Å². The van der Waals surface area contributed by atoms with Crippen LogP contribution in [0.3, 0.4) is 0 Å². The first-order chi connectivity index (χ1) is 23.5. The molecule has 0 saturated carbocycles. The van der Waals surface area contributed by atoms with Gasteiger partial charge in [-0.15, -0.1) is 0 Å². The third-order valence-corrected chi connectivity index (χ3v) is 7.25. The molecule has 0 aliphatic heterocycles. The van der Waals surface area contributed by atoms with E-state index in [0.717, 1.165) is 54.2 Å². The molecule has 49 heavy (non-hydrogen) atoms. The maximum Gasteiger partial charge on any atom is 0.349 e. The standard InChI is InChI=1S/C20H18O8.C18H31NO2/c1-11-3-7-13(8-4-11)19(25)27-15(17(21)22)16(18(23)24)28-20(26)14-9-5-12(2)6-10-14;1-3-5-6-7-8-9-13-21-18-11-10-17(19)14-16(18)15-20-12-4-2/h3-10,15-16H,1-2H3,(H,21,22)(H,23,24);10-11,14H,3-9,12-13,15,19H2,1-2H3/t15-,16+;. The van der Waals surface area contributed by atoms with Crippen molar-refractivity contribution in [2.24, 2.45) is 0 Å². The highest BCUT2D eigenvalue weighted by Crippen LogP contribution is 2.23. The molecule has 0 unspecified atom stereocenters. The summed E-state index contributed by atoms with van der Waals surface area (Å²) in [6.07, 6.45) is 4.23. The average molecular weight is 680 g/mol. The van der Waals surface area contributed by atoms with E-state index in [1.807, 2.05) is 18.2 Å². The summed E-state index contributed by atoms with van der Waals surface area (Å²) in [5.74, 6) is -4.71. The van der Waals surface area contributed by atoms with Crippen LogP contribution in [0.2, 0.25) is 0 Å². The lowest BCUT2D eigenvalue weighted by Crippen LogP contribution is -2.45. The van der Waals surface area contributed by atoms with Gasteiger partial charge in [0.2, 0.25) is 12.2 Å². The van der Waals surface area contributed by atoms with Gasteiger partial charge in [-0.1, -0.05) is 81.3 Å². The number of nitrogens with two attached hydrogens (primary N) is 1. The van der Waals surface area contributed by atoms with Crippen molar-refractivity contribution in [1.82, 2.24) is 0 Å². The second-order valence-corrected chi connectivity index (χ2v) is 11.6. The van der Waals surface area contributed by atoms with Crippen LogP contribution in [-0.4, -0.2) is 59.5 Å². The summed E-state index contributed by atoms with van der Waals surface area (Å²) in [5.41, 5.74) is 9.45. The Morgan fingerprint density at radius 1 is 0.653 bits per heavy atom. The molecule has 3 aromatic rings. The highest BCUT2D eigenvalue weighted by atomic mass is 16.6. The monoisotopic (exact) mass is 679 g/mol. The average Bonchev–Trinajstić information content (AvgIpc) is 3.07. The van der Waals surface area contributed by atoms with E-state index >= 15 is 0 Å². The molecule has 3 rings (SSSR count). The number of nitrogen functional groups attached to an aromatic ring is 1. The number of hydrogen-bond acceptors (Lipinski definition) is 9. The minimum atomic E-state index is -2.22. The van der Waals surface area contributed by atoms with E-state index < -0.39 is 36.1 Å². The molecule has 0 bridgehead atoms. The van der Waals surface area contributed by atoms with Crippen LogP contribution in [-0.2, 0) is 30.4 Å². The summed E-state index contributed by atoms with van der Waals surface area (Å²) < 4.78 is 21.1. The van der Waals surface area contributed by atoms with Gasteiger partial charge in [-0.25, -0.2) is 19.2 Å². The summed E-state index contributed by atoms with van der Waals surface area (Å²) in [4.78, 5) is 47.3. The van der Waals surface area contributed by atoms with Crippen LogP contribution in [0.25, 0.3) is 0 Å². The van der Waals surface area contributed by atoms with Crippen molar-refractivity contribution < 1.29 is 48.3 Å². The predicted molar refractivity (Wildman–Crippen MR) is 186 cm³/mol. The Hall–Kier alpha value is -4.90. The Morgan fingerprint density at radius 3 is 1.61 bits per heavy atom. The fourth-order valence-corrected chi connectivity index (χ4v) is 4.47. The lowest BCUT2D eigenvalue weighted by molar-refractivity contribution is -0.166. The zero-order valence-electron chi connectivity index (χ0n) is 28.8. The van der Waals surface area contributed by atoms with Crippen LogP contribution in [0.4, 0.5) is 5.69 Å². The molecule has 3 aromatic carbocycles. The molecule has 11 heteroatoms. The van der Waals surface area contributed by atoms with Crippen LogP contribution in [0.1, 0.15) is 96.2 Å². The fourth-order valence-electron chi connectivity index (χ4n) is 4.47. The van der Waals surface area contributed by atoms with Gasteiger partial charge in [0.15, 0.2) is 0 Å². The highest BCUT2D eigenvalue weighted by molar-refractivity contribution is 5.95. The molecule has 0 aliphatic rings. The second kappa shape index (κ2) is 21.9. The van der Waals surface area contributed by atoms with Gasteiger partial charge in [0.25, 0.3) is 0 Å². The van der Waals surface area contributed by atoms with Crippen molar-refractivity contribution >= 4 is 29.6 Å². The van der Waals surface area contributed by atoms with Gasteiger partial charge in [0, 0.05) is 17.9 Å². The van der Waals surface area contributed by atoms with Gasteiger partial charge in [-0.05, 0) is 69.2 Å². The number of aliphatic carboxylic acids is 2. The van der Waals surface area contributed by atoms with Gasteiger partial charge in [0.05, 0.1) is 24.3 Å². The van der Waals surface area contributed by atoms with Gasteiger partial charge in [0.1, 0.15) is 5.75 Å². The number of hydrogen-bond donors (Lipinski definition) is 3. The van der Waals surface area contributed by atoms with E-state index in [1.165, 1.54) is 56.4 Å². The van der Waals surface area contributed by atoms with E-state index in [0.29, 0.717) is 6.61 Å². The number of rotatable bonds is 19. The molecular formula is C38H49NO10. The Bertz CT molecular complexity index is 1400. The van der Waals surface area contributed by atoms with Crippen molar-refractivity contribution in [2.45, 2.75) is 91.5 Å². The van der Waals surface area contributed by atoms with Gasteiger partial charge >= 0.3 is 23.9 Å². The zero-order chi connectivity index (χ0) is 36.2. The van der Waals surface area contributed by atoms with Crippen LogP contribution >= 0.6 is 0 Å². The van der Waals surface area contributed by atoms with E-state index in [1.54, 1.807) is 38.1 Å². The fraction of sp³-hybridized carbons (Fsp3) is 0.421. The second-order valence-electron chi connectivity index (χ2n) is 11.6. The van der Waals surface area contributed by atoms with Crippen molar-refractivity contribution in [3.63, 3.8) is 0 Å². The van der Waals surface area contributed by atoms with E-state index in [2.05, 4.69) is 13.8 Å². The number of anilines is 1. The smallest absolute Gasteiger partial charge is 0.349 e. The molecular weight excluding hydrogens is 630 g/mol. The molecule has 0 spiro atoms. The number of carbonyl (C=O) groups excluding carboxylic acids is 2. The minimum Gasteiger partial charge on any atom is -0.493 e. The molecule has 0 amide bonds. The summed E-state index contributed by atoms with van der Waals surface area (Å²) in [6.45, 7) is 10.1. The number of ether oxygens (including phenoxy) is 4. The Balaban J connectivity index is 0.000000355. The Morgan fingerprint density at radius 2 is 1.14 bits per heavy atom. The molecule has 0 saturated heterocycles. The number of carboxylic acid groups (broad SMARTS) is 2. The summed E-state index contributed by atoms with van der Waals surface area (Å²) in [6, 6.07) is 17.9. The lowest BCUT2D eigenvalue weighted by Gasteiger charge is -2.21. The molecule has 0 aliphatic carbocycles. The maximum atomic E-state index is 12.2. The summed E-state index contributed by atoms with van der Waals surface area (Å²) in [5, 5.41) is 18.6. The van der Waals surface area contributed by atoms with Crippen molar-refractivity contribution in [3.05, 3.63) is 94.5 Å². The molecule has 266 valence electrons. The van der Waals surface area contributed by atoms with Crippen LogP contribution < -0.4 is 10.5 Å². The Kier molecular flexibility index (Phi) is 18.0. The minimum absolute atomic E-state index is 0.0332. The van der Waals surface area contributed by atoms with Gasteiger partial charge < -0.3 is 34.9 Å². The molecule has 4 N–H and O–H groups in total. The first-order valence-corrected chi connectivity index (χ1v) is 16.6. The molecule has 0 radical (unpaired) electrons. The number of aryl methyl sites for hydroxylation is 2. The van der Waals surface area contributed by atoms with Gasteiger partial charge in [-0.3, -0.25) is 0 Å². The highest BCUT2D eigenvalue weighted by Gasteiger charge is 2.41. The van der Waals surface area contributed by atoms with Crippen LogP contribution in [0, 0.1) is 13.8 Å². The molecule has 0 aromatic heterocycles. The van der Waals surface area contributed by atoms with E-state index in [4.69, 9.17) is 24.7 Å². The Labute approximate surface area is 288 Å². The summed E-state index contributed by atoms with van der Waals surface area (Å²) >= 11 is 0.